The van der Waals surface area contributed by atoms with Crippen LogP contribution in [0, 0.1) is 5.92 Å². The van der Waals surface area contributed by atoms with E-state index < -0.39 is 0 Å². The Bertz CT molecular complexity index is 551. The molecular formula is C15H16N2O2. The molecule has 1 aromatic heterocycles. The summed E-state index contributed by atoms with van der Waals surface area (Å²) < 4.78 is 5.06. The van der Waals surface area contributed by atoms with Crippen molar-refractivity contribution in [2.75, 3.05) is 13.6 Å². The van der Waals surface area contributed by atoms with Gasteiger partial charge in [-0.1, -0.05) is 30.3 Å². The molecule has 19 heavy (non-hydrogen) atoms. The van der Waals surface area contributed by atoms with E-state index >= 15 is 0 Å². The summed E-state index contributed by atoms with van der Waals surface area (Å²) in [6, 6.07) is 10.1. The Balaban J connectivity index is 1.86. The molecular weight excluding hydrogens is 240 g/mol. The van der Waals surface area contributed by atoms with Gasteiger partial charge in [-0.25, -0.2) is 4.98 Å². The normalized spacial score (nSPS) is 23.0. The molecule has 1 saturated heterocycles. The minimum Gasteiger partial charge on any atom is -0.451 e. The van der Waals surface area contributed by atoms with Crippen LogP contribution in [0.4, 0.5) is 0 Å². The number of aromatic nitrogens is 1. The number of amides is 1. The maximum absolute atomic E-state index is 12.3. The van der Waals surface area contributed by atoms with E-state index in [4.69, 9.17) is 4.42 Å². The van der Waals surface area contributed by atoms with Crippen molar-refractivity contribution in [3.05, 3.63) is 54.2 Å². The van der Waals surface area contributed by atoms with Crippen molar-refractivity contribution in [2.24, 2.45) is 5.92 Å². The maximum Gasteiger partial charge on any atom is 0.226 e. The summed E-state index contributed by atoms with van der Waals surface area (Å²) in [4.78, 5) is 18.3. The number of oxazole rings is 1. The molecule has 4 heteroatoms. The fraction of sp³-hybridized carbons (Fsp3) is 0.333. The second kappa shape index (κ2) is 4.88. The number of hydrogen-bond donors (Lipinski definition) is 0. The van der Waals surface area contributed by atoms with E-state index in [9.17, 15) is 4.79 Å². The summed E-state index contributed by atoms with van der Waals surface area (Å²) in [5.74, 6) is 0.269. The van der Waals surface area contributed by atoms with Gasteiger partial charge in [-0.3, -0.25) is 4.79 Å². The number of hydrogen-bond acceptors (Lipinski definition) is 3. The minimum atomic E-state index is -0.0440. The summed E-state index contributed by atoms with van der Waals surface area (Å²) in [5.41, 5.74) is 2.06. The first-order chi connectivity index (χ1) is 9.25. The standard InChI is InChI=1S/C15H16N2O2/c1-17-8-13(14-9-19-10-16-14)12(15(17)18)7-11-5-3-2-4-6-11/h2-6,9-10,12-13H,7-8H2,1H3/t12-,13+/m1/s1. The van der Waals surface area contributed by atoms with Gasteiger partial charge >= 0.3 is 0 Å². The Labute approximate surface area is 112 Å². The minimum absolute atomic E-state index is 0.0440. The lowest BCUT2D eigenvalue weighted by atomic mass is 9.87. The number of carbonyl (C=O) groups is 1. The van der Waals surface area contributed by atoms with Crippen LogP contribution in [0.3, 0.4) is 0 Å². The Hall–Kier alpha value is -2.10. The smallest absolute Gasteiger partial charge is 0.226 e. The Kier molecular flexibility index (Phi) is 3.07. The van der Waals surface area contributed by atoms with E-state index in [0.717, 1.165) is 12.1 Å². The van der Waals surface area contributed by atoms with E-state index in [1.807, 2.05) is 25.2 Å². The molecule has 2 aromatic rings. The van der Waals surface area contributed by atoms with Crippen molar-refractivity contribution in [1.29, 1.82) is 0 Å². The second-order valence-electron chi connectivity index (χ2n) is 5.03. The molecule has 0 N–H and O–H groups in total. The van der Waals surface area contributed by atoms with Gasteiger partial charge in [0.25, 0.3) is 0 Å². The van der Waals surface area contributed by atoms with E-state index in [-0.39, 0.29) is 17.7 Å². The number of rotatable bonds is 3. The number of benzene rings is 1. The second-order valence-corrected chi connectivity index (χ2v) is 5.03. The van der Waals surface area contributed by atoms with Crippen molar-refractivity contribution in [2.45, 2.75) is 12.3 Å². The van der Waals surface area contributed by atoms with Gasteiger partial charge in [-0.15, -0.1) is 0 Å². The largest absolute Gasteiger partial charge is 0.451 e. The summed E-state index contributed by atoms with van der Waals surface area (Å²) in [5, 5.41) is 0. The highest BCUT2D eigenvalue weighted by Crippen LogP contribution is 2.34. The molecule has 0 unspecified atom stereocenters. The molecule has 0 saturated carbocycles. The predicted molar refractivity (Wildman–Crippen MR) is 70.5 cm³/mol. The first kappa shape index (κ1) is 12.0. The van der Waals surface area contributed by atoms with E-state index in [1.54, 1.807) is 11.2 Å². The first-order valence-electron chi connectivity index (χ1n) is 6.42. The van der Waals surface area contributed by atoms with Crippen LogP contribution in [0.25, 0.3) is 0 Å². The molecule has 3 rings (SSSR count). The van der Waals surface area contributed by atoms with Crippen LogP contribution >= 0.6 is 0 Å². The molecule has 2 atom stereocenters. The average Bonchev–Trinajstić information content (AvgIpc) is 3.04. The zero-order valence-electron chi connectivity index (χ0n) is 10.8. The SMILES string of the molecule is CN1C[C@H](c2cocn2)[C@@H](Cc2ccccc2)C1=O. The van der Waals surface area contributed by atoms with Gasteiger partial charge < -0.3 is 9.32 Å². The third-order valence-corrected chi connectivity index (χ3v) is 3.78. The van der Waals surface area contributed by atoms with Crippen LogP contribution in [-0.2, 0) is 11.2 Å². The van der Waals surface area contributed by atoms with Gasteiger partial charge in [0, 0.05) is 19.5 Å². The van der Waals surface area contributed by atoms with Crippen molar-refractivity contribution in [3.8, 4) is 0 Å². The molecule has 1 aliphatic rings. The third kappa shape index (κ3) is 2.26. The monoisotopic (exact) mass is 256 g/mol. The molecule has 0 aliphatic carbocycles. The van der Waals surface area contributed by atoms with E-state index in [2.05, 4.69) is 17.1 Å². The van der Waals surface area contributed by atoms with Crippen LogP contribution in [0.1, 0.15) is 17.2 Å². The van der Waals surface area contributed by atoms with Crippen LogP contribution in [0.15, 0.2) is 47.4 Å². The Morgan fingerprint density at radius 3 is 2.84 bits per heavy atom. The van der Waals surface area contributed by atoms with Gasteiger partial charge in [0.05, 0.1) is 11.6 Å². The summed E-state index contributed by atoms with van der Waals surface area (Å²) in [6.07, 6.45) is 3.83. The Morgan fingerprint density at radius 1 is 1.37 bits per heavy atom. The predicted octanol–water partition coefficient (Wildman–Crippen LogP) is 2.09. The topological polar surface area (TPSA) is 46.3 Å². The van der Waals surface area contributed by atoms with Gasteiger partial charge in [-0.05, 0) is 12.0 Å². The van der Waals surface area contributed by atoms with Crippen molar-refractivity contribution in [1.82, 2.24) is 9.88 Å². The molecule has 2 heterocycles. The highest BCUT2D eigenvalue weighted by molar-refractivity contribution is 5.82. The highest BCUT2D eigenvalue weighted by Gasteiger charge is 2.40. The number of nitrogens with zero attached hydrogens (tertiary/aromatic N) is 2. The fourth-order valence-corrected chi connectivity index (χ4v) is 2.77. The Morgan fingerprint density at radius 2 is 2.16 bits per heavy atom. The van der Waals surface area contributed by atoms with E-state index in [0.29, 0.717) is 6.54 Å². The van der Waals surface area contributed by atoms with Gasteiger partial charge in [0.15, 0.2) is 6.39 Å². The zero-order chi connectivity index (χ0) is 13.2. The van der Waals surface area contributed by atoms with Crippen molar-refractivity contribution < 1.29 is 9.21 Å². The molecule has 0 bridgehead atoms. The van der Waals surface area contributed by atoms with Crippen LogP contribution in [-0.4, -0.2) is 29.4 Å². The lowest BCUT2D eigenvalue weighted by Gasteiger charge is -2.14. The zero-order valence-corrected chi connectivity index (χ0v) is 10.8. The van der Waals surface area contributed by atoms with Gasteiger partial charge in [0.1, 0.15) is 6.26 Å². The quantitative estimate of drug-likeness (QED) is 0.844. The number of carbonyl (C=O) groups excluding carboxylic acids is 1. The van der Waals surface area contributed by atoms with Crippen LogP contribution in [0.5, 0.6) is 0 Å². The third-order valence-electron chi connectivity index (χ3n) is 3.78. The molecule has 1 fully saturated rings. The van der Waals surface area contributed by atoms with Crippen molar-refractivity contribution in [3.63, 3.8) is 0 Å². The average molecular weight is 256 g/mol. The maximum atomic E-state index is 12.3. The fourth-order valence-electron chi connectivity index (χ4n) is 2.77. The first-order valence-corrected chi connectivity index (χ1v) is 6.42. The number of likely N-dealkylation sites (tertiary alicyclic amines) is 1. The van der Waals surface area contributed by atoms with Crippen molar-refractivity contribution >= 4 is 5.91 Å². The molecule has 4 nitrogen and oxygen atoms in total. The van der Waals surface area contributed by atoms with Gasteiger partial charge in [0.2, 0.25) is 5.91 Å². The summed E-state index contributed by atoms with van der Waals surface area (Å²) in [6.45, 7) is 0.711. The molecule has 1 aromatic carbocycles. The van der Waals surface area contributed by atoms with E-state index in [1.165, 1.54) is 12.0 Å². The highest BCUT2D eigenvalue weighted by atomic mass is 16.3. The van der Waals surface area contributed by atoms with Crippen LogP contribution < -0.4 is 0 Å². The molecule has 98 valence electrons. The molecule has 0 radical (unpaired) electrons. The summed E-state index contributed by atoms with van der Waals surface area (Å²) >= 11 is 0. The molecule has 1 amide bonds. The molecule has 0 spiro atoms. The van der Waals surface area contributed by atoms with Gasteiger partial charge in [-0.2, -0.15) is 0 Å². The number of likely N-dealkylation sites (N-methyl/N-ethyl adjacent to an activating group) is 1. The summed E-state index contributed by atoms with van der Waals surface area (Å²) in [7, 11) is 1.85. The lowest BCUT2D eigenvalue weighted by molar-refractivity contribution is -0.129. The lowest BCUT2D eigenvalue weighted by Crippen LogP contribution is -2.23. The van der Waals surface area contributed by atoms with Crippen LogP contribution in [0.2, 0.25) is 0 Å². The molecule has 1 aliphatic heterocycles.